The Labute approximate surface area is 112 Å². The Kier molecular flexibility index (Phi) is 3.86. The second-order valence-corrected chi connectivity index (χ2v) is 4.75. The largest absolute Gasteiger partial charge is 0.457 e. The minimum atomic E-state index is -0.915. The van der Waals surface area contributed by atoms with Crippen molar-refractivity contribution >= 4 is 0 Å². The topological polar surface area (TPSA) is 29.5 Å². The highest BCUT2D eigenvalue weighted by atomic mass is 19.1. The van der Waals surface area contributed by atoms with Gasteiger partial charge in [-0.15, -0.1) is 0 Å². The molecule has 2 aromatic carbocycles. The van der Waals surface area contributed by atoms with Crippen LogP contribution in [0.4, 0.5) is 4.39 Å². The standard InChI is InChI=1S/C16H17FO2/c1-10-7-11(2)9-13(8-10)19-15-6-4-5-14(17)16(15)12(3)18/h4-9,12,18H,1-3H3/t12-/m0/s1. The summed E-state index contributed by atoms with van der Waals surface area (Å²) >= 11 is 0. The lowest BCUT2D eigenvalue weighted by Crippen LogP contribution is -2.00. The summed E-state index contributed by atoms with van der Waals surface area (Å²) in [5, 5.41) is 9.65. The lowest BCUT2D eigenvalue weighted by Gasteiger charge is -2.14. The molecule has 100 valence electrons. The van der Waals surface area contributed by atoms with E-state index in [0.29, 0.717) is 11.5 Å². The average molecular weight is 260 g/mol. The van der Waals surface area contributed by atoms with Crippen LogP contribution in [0.15, 0.2) is 36.4 Å². The number of benzene rings is 2. The second-order valence-electron chi connectivity index (χ2n) is 4.75. The number of aliphatic hydroxyl groups is 1. The Balaban J connectivity index is 2.40. The van der Waals surface area contributed by atoms with Gasteiger partial charge < -0.3 is 9.84 Å². The quantitative estimate of drug-likeness (QED) is 0.892. The molecule has 0 bridgehead atoms. The number of halogens is 1. The molecule has 2 rings (SSSR count). The number of aryl methyl sites for hydroxylation is 2. The highest BCUT2D eigenvalue weighted by molar-refractivity contribution is 5.41. The van der Waals surface area contributed by atoms with E-state index in [1.54, 1.807) is 12.1 Å². The summed E-state index contributed by atoms with van der Waals surface area (Å²) in [4.78, 5) is 0. The predicted molar refractivity (Wildman–Crippen MR) is 73.0 cm³/mol. The van der Waals surface area contributed by atoms with Crippen molar-refractivity contribution in [3.05, 3.63) is 58.9 Å². The molecule has 1 atom stereocenters. The zero-order valence-corrected chi connectivity index (χ0v) is 11.3. The highest BCUT2D eigenvalue weighted by Gasteiger charge is 2.15. The SMILES string of the molecule is Cc1cc(C)cc(Oc2cccc(F)c2[C@H](C)O)c1. The molecule has 0 saturated heterocycles. The maximum Gasteiger partial charge on any atom is 0.136 e. The van der Waals surface area contributed by atoms with Gasteiger partial charge in [0.25, 0.3) is 0 Å². The fourth-order valence-electron chi connectivity index (χ4n) is 2.13. The van der Waals surface area contributed by atoms with Crippen LogP contribution < -0.4 is 4.74 Å². The molecular formula is C16H17FO2. The Morgan fingerprint density at radius 1 is 1.11 bits per heavy atom. The van der Waals surface area contributed by atoms with Gasteiger partial charge in [-0.05, 0) is 56.2 Å². The van der Waals surface area contributed by atoms with Gasteiger partial charge in [-0.2, -0.15) is 0 Å². The van der Waals surface area contributed by atoms with Gasteiger partial charge >= 0.3 is 0 Å². The summed E-state index contributed by atoms with van der Waals surface area (Å²) in [5.41, 5.74) is 2.33. The molecular weight excluding hydrogens is 243 g/mol. The van der Waals surface area contributed by atoms with Gasteiger partial charge in [-0.3, -0.25) is 0 Å². The van der Waals surface area contributed by atoms with E-state index >= 15 is 0 Å². The van der Waals surface area contributed by atoms with Crippen molar-refractivity contribution in [2.75, 3.05) is 0 Å². The third kappa shape index (κ3) is 3.12. The van der Waals surface area contributed by atoms with Crippen LogP contribution in [0.1, 0.15) is 29.7 Å². The summed E-state index contributed by atoms with van der Waals surface area (Å²) in [6.07, 6.45) is -0.915. The molecule has 0 aliphatic carbocycles. The number of rotatable bonds is 3. The lowest BCUT2D eigenvalue weighted by molar-refractivity contribution is 0.190. The van der Waals surface area contributed by atoms with E-state index in [1.807, 2.05) is 32.0 Å². The van der Waals surface area contributed by atoms with Crippen molar-refractivity contribution in [2.24, 2.45) is 0 Å². The van der Waals surface area contributed by atoms with Crippen molar-refractivity contribution in [1.82, 2.24) is 0 Å². The maximum absolute atomic E-state index is 13.7. The van der Waals surface area contributed by atoms with E-state index in [4.69, 9.17) is 4.74 Å². The number of hydrogen-bond acceptors (Lipinski definition) is 2. The Morgan fingerprint density at radius 3 is 2.32 bits per heavy atom. The average Bonchev–Trinajstić information content (AvgIpc) is 2.26. The molecule has 1 N–H and O–H groups in total. The normalized spacial score (nSPS) is 12.3. The van der Waals surface area contributed by atoms with E-state index < -0.39 is 11.9 Å². The van der Waals surface area contributed by atoms with Crippen LogP contribution in [0.5, 0.6) is 11.5 Å². The van der Waals surface area contributed by atoms with Crippen LogP contribution in [0.3, 0.4) is 0 Å². The van der Waals surface area contributed by atoms with Crippen LogP contribution in [0.25, 0.3) is 0 Å². The first-order valence-electron chi connectivity index (χ1n) is 6.20. The number of aliphatic hydroxyl groups excluding tert-OH is 1. The molecule has 0 aromatic heterocycles. The molecule has 0 fully saturated rings. The van der Waals surface area contributed by atoms with Crippen LogP contribution in [0.2, 0.25) is 0 Å². The molecule has 2 nitrogen and oxygen atoms in total. The summed E-state index contributed by atoms with van der Waals surface area (Å²) in [7, 11) is 0. The molecule has 2 aromatic rings. The van der Waals surface area contributed by atoms with Gasteiger partial charge in [0, 0.05) is 0 Å². The van der Waals surface area contributed by atoms with Crippen molar-refractivity contribution < 1.29 is 14.2 Å². The molecule has 0 aliphatic heterocycles. The van der Waals surface area contributed by atoms with Gasteiger partial charge in [-0.1, -0.05) is 12.1 Å². The molecule has 0 spiro atoms. The third-order valence-electron chi connectivity index (χ3n) is 2.85. The summed E-state index contributed by atoms with van der Waals surface area (Å²) < 4.78 is 19.4. The first kappa shape index (κ1) is 13.6. The van der Waals surface area contributed by atoms with E-state index in [0.717, 1.165) is 11.1 Å². The fraction of sp³-hybridized carbons (Fsp3) is 0.250. The van der Waals surface area contributed by atoms with Gasteiger partial charge in [0.1, 0.15) is 17.3 Å². The summed E-state index contributed by atoms with van der Waals surface area (Å²) in [6.45, 7) is 5.47. The van der Waals surface area contributed by atoms with E-state index in [2.05, 4.69) is 0 Å². The second kappa shape index (κ2) is 5.41. The smallest absolute Gasteiger partial charge is 0.136 e. The highest BCUT2D eigenvalue weighted by Crippen LogP contribution is 2.32. The molecule has 0 radical (unpaired) electrons. The van der Waals surface area contributed by atoms with Crippen LogP contribution >= 0.6 is 0 Å². The first-order chi connectivity index (χ1) is 8.97. The van der Waals surface area contributed by atoms with E-state index in [9.17, 15) is 9.50 Å². The van der Waals surface area contributed by atoms with Crippen LogP contribution in [0, 0.1) is 19.7 Å². The molecule has 0 aliphatic rings. The zero-order chi connectivity index (χ0) is 14.0. The predicted octanol–water partition coefficient (Wildman–Crippen LogP) is 4.29. The van der Waals surface area contributed by atoms with Gasteiger partial charge in [0.2, 0.25) is 0 Å². The van der Waals surface area contributed by atoms with Crippen molar-refractivity contribution in [2.45, 2.75) is 26.9 Å². The van der Waals surface area contributed by atoms with Crippen molar-refractivity contribution in [3.8, 4) is 11.5 Å². The molecule has 0 heterocycles. The first-order valence-corrected chi connectivity index (χ1v) is 6.20. The van der Waals surface area contributed by atoms with Gasteiger partial charge in [0.05, 0.1) is 11.7 Å². The third-order valence-corrected chi connectivity index (χ3v) is 2.85. The lowest BCUT2D eigenvalue weighted by atomic mass is 10.1. The van der Waals surface area contributed by atoms with Crippen molar-refractivity contribution in [1.29, 1.82) is 0 Å². The molecule has 3 heteroatoms. The zero-order valence-electron chi connectivity index (χ0n) is 11.3. The van der Waals surface area contributed by atoms with E-state index in [-0.39, 0.29) is 5.56 Å². The number of ether oxygens (including phenoxy) is 1. The minimum Gasteiger partial charge on any atom is -0.457 e. The Hall–Kier alpha value is -1.87. The molecule has 0 amide bonds. The maximum atomic E-state index is 13.7. The monoisotopic (exact) mass is 260 g/mol. The summed E-state index contributed by atoms with van der Waals surface area (Å²) in [5.74, 6) is 0.530. The fourth-order valence-corrected chi connectivity index (χ4v) is 2.13. The summed E-state index contributed by atoms with van der Waals surface area (Å²) in [6, 6.07) is 10.3. The molecule has 19 heavy (non-hydrogen) atoms. The number of hydrogen-bond donors (Lipinski definition) is 1. The molecule has 0 saturated carbocycles. The molecule has 0 unspecified atom stereocenters. The Bertz CT molecular complexity index is 571. The van der Waals surface area contributed by atoms with Crippen molar-refractivity contribution in [3.63, 3.8) is 0 Å². The van der Waals surface area contributed by atoms with E-state index in [1.165, 1.54) is 13.0 Å². The minimum absolute atomic E-state index is 0.182. The van der Waals surface area contributed by atoms with Crippen LogP contribution in [-0.4, -0.2) is 5.11 Å². The van der Waals surface area contributed by atoms with Gasteiger partial charge in [0.15, 0.2) is 0 Å². The van der Waals surface area contributed by atoms with Gasteiger partial charge in [-0.25, -0.2) is 4.39 Å². The Morgan fingerprint density at radius 2 is 1.74 bits per heavy atom. The van der Waals surface area contributed by atoms with Crippen LogP contribution in [-0.2, 0) is 0 Å².